The van der Waals surface area contributed by atoms with Crippen molar-refractivity contribution in [1.82, 2.24) is 0 Å². The molecule has 0 bridgehead atoms. The average Bonchev–Trinajstić information content (AvgIpc) is 2.72. The van der Waals surface area contributed by atoms with Gasteiger partial charge in [-0.3, -0.25) is 0 Å². The predicted octanol–water partition coefficient (Wildman–Crippen LogP) is 8.67. The van der Waals surface area contributed by atoms with Gasteiger partial charge in [-0.1, -0.05) is 84.3 Å². The van der Waals surface area contributed by atoms with Gasteiger partial charge >= 0.3 is 0 Å². The molecule has 36 heavy (non-hydrogen) atoms. The second-order valence-electron chi connectivity index (χ2n) is 11.9. The number of methoxy groups -OCH3 is 1. The highest BCUT2D eigenvalue weighted by atomic mass is 35.5. The SMILES string of the molecule is COc1c(CC(C)(C)c2ccc(CC(C)(C)c3c(O)cccc3Cl)cc2F)ccc(F)c1C(C)(C)C. The fourth-order valence-corrected chi connectivity index (χ4v) is 5.67. The van der Waals surface area contributed by atoms with Crippen molar-refractivity contribution in [2.24, 2.45) is 0 Å². The second-order valence-corrected chi connectivity index (χ2v) is 12.3. The first kappa shape index (κ1) is 28.0. The zero-order valence-corrected chi connectivity index (χ0v) is 23.3. The van der Waals surface area contributed by atoms with Crippen LogP contribution < -0.4 is 4.74 Å². The van der Waals surface area contributed by atoms with Crippen LogP contribution in [0.1, 0.15) is 76.3 Å². The van der Waals surface area contributed by atoms with E-state index in [4.69, 9.17) is 16.3 Å². The third kappa shape index (κ3) is 5.70. The summed E-state index contributed by atoms with van der Waals surface area (Å²) in [5.74, 6) is 0.0555. The van der Waals surface area contributed by atoms with Crippen LogP contribution in [0.15, 0.2) is 48.5 Å². The maximum absolute atomic E-state index is 15.5. The Morgan fingerprint density at radius 2 is 1.47 bits per heavy atom. The number of halogens is 3. The van der Waals surface area contributed by atoms with Gasteiger partial charge in [0.2, 0.25) is 0 Å². The number of phenols is 1. The molecule has 2 nitrogen and oxygen atoms in total. The highest BCUT2D eigenvalue weighted by Crippen LogP contribution is 2.41. The zero-order chi connectivity index (χ0) is 27.1. The van der Waals surface area contributed by atoms with Crippen molar-refractivity contribution in [3.63, 3.8) is 0 Å². The van der Waals surface area contributed by atoms with E-state index < -0.39 is 16.2 Å². The van der Waals surface area contributed by atoms with E-state index in [9.17, 15) is 9.50 Å². The van der Waals surface area contributed by atoms with Gasteiger partial charge in [-0.2, -0.15) is 0 Å². The molecule has 3 aromatic carbocycles. The molecule has 0 atom stereocenters. The lowest BCUT2D eigenvalue weighted by Gasteiger charge is -2.30. The molecule has 1 N–H and O–H groups in total. The summed E-state index contributed by atoms with van der Waals surface area (Å²) in [4.78, 5) is 0. The predicted molar refractivity (Wildman–Crippen MR) is 145 cm³/mol. The van der Waals surface area contributed by atoms with Gasteiger partial charge in [0.1, 0.15) is 23.1 Å². The molecule has 0 aromatic heterocycles. The van der Waals surface area contributed by atoms with Crippen LogP contribution in [0.4, 0.5) is 8.78 Å². The molecule has 0 aliphatic rings. The Labute approximate surface area is 219 Å². The van der Waals surface area contributed by atoms with E-state index in [2.05, 4.69) is 0 Å². The number of hydrogen-bond donors (Lipinski definition) is 1. The molecule has 0 aliphatic heterocycles. The monoisotopic (exact) mass is 514 g/mol. The van der Waals surface area contributed by atoms with Crippen LogP contribution in [0.25, 0.3) is 0 Å². The van der Waals surface area contributed by atoms with Gasteiger partial charge in [-0.05, 0) is 70.0 Å². The summed E-state index contributed by atoms with van der Waals surface area (Å²) in [6, 6.07) is 13.6. The Morgan fingerprint density at radius 1 is 0.806 bits per heavy atom. The van der Waals surface area contributed by atoms with Crippen LogP contribution in [0, 0.1) is 11.6 Å². The van der Waals surface area contributed by atoms with Crippen LogP contribution >= 0.6 is 11.6 Å². The first-order valence-corrected chi connectivity index (χ1v) is 12.6. The van der Waals surface area contributed by atoms with Crippen molar-refractivity contribution >= 4 is 11.6 Å². The normalized spacial score (nSPS) is 12.6. The summed E-state index contributed by atoms with van der Waals surface area (Å²) < 4.78 is 35.9. The molecule has 5 heteroatoms. The highest BCUT2D eigenvalue weighted by Gasteiger charge is 2.31. The van der Waals surface area contributed by atoms with Crippen LogP contribution in [-0.2, 0) is 29.1 Å². The number of aromatic hydroxyl groups is 1. The third-order valence-corrected chi connectivity index (χ3v) is 7.17. The molecule has 0 amide bonds. The van der Waals surface area contributed by atoms with Crippen LogP contribution in [0.5, 0.6) is 11.5 Å². The van der Waals surface area contributed by atoms with E-state index in [1.807, 2.05) is 60.6 Å². The van der Waals surface area contributed by atoms with E-state index in [0.717, 1.165) is 11.1 Å². The van der Waals surface area contributed by atoms with Gasteiger partial charge in [0.05, 0.1) is 7.11 Å². The molecule has 0 fully saturated rings. The standard InChI is InChI=1S/C31H37ClF2O2/c1-29(2,3)27-23(33)15-13-20(28(27)36-8)18-30(4,5)21-14-12-19(16-24(21)34)17-31(6,7)26-22(32)10-9-11-25(26)35/h9-16,35H,17-18H2,1-8H3. The van der Waals surface area contributed by atoms with Crippen LogP contribution in [0.2, 0.25) is 5.02 Å². The molecular weight excluding hydrogens is 478 g/mol. The summed E-state index contributed by atoms with van der Waals surface area (Å²) in [6.07, 6.45) is 0.984. The molecule has 0 saturated carbocycles. The molecule has 3 rings (SSSR count). The average molecular weight is 515 g/mol. The zero-order valence-electron chi connectivity index (χ0n) is 22.5. The maximum atomic E-state index is 15.5. The van der Waals surface area contributed by atoms with Gasteiger partial charge < -0.3 is 9.84 Å². The quantitative estimate of drug-likeness (QED) is 0.341. The second kappa shape index (κ2) is 10.0. The maximum Gasteiger partial charge on any atom is 0.130 e. The van der Waals surface area contributed by atoms with E-state index in [1.165, 1.54) is 6.07 Å². The van der Waals surface area contributed by atoms with Crippen molar-refractivity contribution in [1.29, 1.82) is 0 Å². The van der Waals surface area contributed by atoms with Gasteiger partial charge in [0, 0.05) is 16.1 Å². The van der Waals surface area contributed by atoms with Crippen LogP contribution in [0.3, 0.4) is 0 Å². The van der Waals surface area contributed by atoms with E-state index in [0.29, 0.717) is 40.3 Å². The molecule has 0 heterocycles. The smallest absolute Gasteiger partial charge is 0.130 e. The van der Waals surface area contributed by atoms with Gasteiger partial charge in [-0.15, -0.1) is 0 Å². The summed E-state index contributed by atoms with van der Waals surface area (Å²) in [5.41, 5.74) is 1.89. The first-order chi connectivity index (χ1) is 16.6. The summed E-state index contributed by atoms with van der Waals surface area (Å²) >= 11 is 6.38. The van der Waals surface area contributed by atoms with Crippen molar-refractivity contribution < 1.29 is 18.6 Å². The number of phenolic OH excluding ortho intramolecular Hbond substituents is 1. The van der Waals surface area contributed by atoms with Crippen molar-refractivity contribution in [3.8, 4) is 11.5 Å². The Balaban J connectivity index is 1.93. The first-order valence-electron chi connectivity index (χ1n) is 12.2. The van der Waals surface area contributed by atoms with Crippen LogP contribution in [-0.4, -0.2) is 12.2 Å². The molecular formula is C31H37ClF2O2. The topological polar surface area (TPSA) is 29.5 Å². The molecule has 3 aromatic rings. The summed E-state index contributed by atoms with van der Waals surface area (Å²) in [7, 11) is 1.55. The van der Waals surface area contributed by atoms with Crippen molar-refractivity contribution in [2.75, 3.05) is 7.11 Å². The van der Waals surface area contributed by atoms with Gasteiger partial charge in [0.25, 0.3) is 0 Å². The third-order valence-electron chi connectivity index (χ3n) is 6.85. The van der Waals surface area contributed by atoms with E-state index >= 15 is 4.39 Å². The molecule has 0 unspecified atom stereocenters. The minimum Gasteiger partial charge on any atom is -0.508 e. The Kier molecular flexibility index (Phi) is 7.81. The molecule has 0 spiro atoms. The van der Waals surface area contributed by atoms with Gasteiger partial charge in [0.15, 0.2) is 0 Å². The van der Waals surface area contributed by atoms with E-state index in [-0.39, 0.29) is 17.4 Å². The van der Waals surface area contributed by atoms with Crippen molar-refractivity contribution in [2.45, 2.75) is 77.6 Å². The summed E-state index contributed by atoms with van der Waals surface area (Å²) in [5, 5.41) is 10.9. The summed E-state index contributed by atoms with van der Waals surface area (Å²) in [6.45, 7) is 13.8. The fourth-order valence-electron chi connectivity index (χ4n) is 5.24. The van der Waals surface area contributed by atoms with E-state index in [1.54, 1.807) is 37.4 Å². The van der Waals surface area contributed by atoms with Gasteiger partial charge in [-0.25, -0.2) is 8.78 Å². The van der Waals surface area contributed by atoms with Crippen molar-refractivity contribution in [3.05, 3.63) is 93.0 Å². The lowest BCUT2D eigenvalue weighted by atomic mass is 9.75. The number of benzene rings is 3. The lowest BCUT2D eigenvalue weighted by molar-refractivity contribution is 0.376. The minimum absolute atomic E-state index is 0.133. The fraction of sp³-hybridized carbons (Fsp3) is 0.419. The molecule has 0 radical (unpaired) electrons. The largest absolute Gasteiger partial charge is 0.508 e. The lowest BCUT2D eigenvalue weighted by Crippen LogP contribution is -2.25. The molecule has 0 aliphatic carbocycles. The number of hydrogen-bond acceptors (Lipinski definition) is 2. The Morgan fingerprint density at radius 3 is 2.03 bits per heavy atom. The molecule has 194 valence electrons. The molecule has 0 saturated heterocycles. The number of ether oxygens (including phenoxy) is 1. The number of rotatable bonds is 7. The Hall–Kier alpha value is -2.59. The minimum atomic E-state index is -0.570. The Bertz CT molecular complexity index is 1240. The highest BCUT2D eigenvalue weighted by molar-refractivity contribution is 6.31.